The molecule has 0 aliphatic carbocycles. The van der Waals surface area contributed by atoms with E-state index in [0.29, 0.717) is 30.7 Å². The molecule has 1 heterocycles. The van der Waals surface area contributed by atoms with Crippen molar-refractivity contribution in [3.63, 3.8) is 0 Å². The van der Waals surface area contributed by atoms with Crippen LogP contribution in [0.3, 0.4) is 0 Å². The Labute approximate surface area is 183 Å². The summed E-state index contributed by atoms with van der Waals surface area (Å²) in [5.74, 6) is -0.465. The lowest BCUT2D eigenvalue weighted by atomic mass is 9.84. The fourth-order valence-corrected chi connectivity index (χ4v) is 3.96. The van der Waals surface area contributed by atoms with E-state index >= 15 is 0 Å². The van der Waals surface area contributed by atoms with Gasteiger partial charge in [0.05, 0.1) is 19.1 Å². The van der Waals surface area contributed by atoms with Gasteiger partial charge in [-0.15, -0.1) is 0 Å². The third-order valence-corrected chi connectivity index (χ3v) is 5.66. The molecular formula is C25H29NO5. The maximum atomic E-state index is 13.0. The number of carbonyl (C=O) groups is 3. The van der Waals surface area contributed by atoms with Crippen molar-refractivity contribution >= 4 is 17.7 Å². The van der Waals surface area contributed by atoms with Gasteiger partial charge in [-0.25, -0.2) is 0 Å². The van der Waals surface area contributed by atoms with E-state index in [0.717, 1.165) is 18.4 Å². The van der Waals surface area contributed by atoms with Crippen LogP contribution in [0.15, 0.2) is 54.6 Å². The van der Waals surface area contributed by atoms with Gasteiger partial charge in [0, 0.05) is 18.5 Å². The van der Waals surface area contributed by atoms with Crippen molar-refractivity contribution in [3.8, 4) is 5.75 Å². The Hall–Kier alpha value is -3.15. The number of ketones is 1. The number of benzene rings is 2. The van der Waals surface area contributed by atoms with Gasteiger partial charge in [0.1, 0.15) is 5.75 Å². The van der Waals surface area contributed by atoms with E-state index in [4.69, 9.17) is 9.47 Å². The number of amides is 1. The summed E-state index contributed by atoms with van der Waals surface area (Å²) in [5, 5.41) is 0. The normalized spacial score (nSPS) is 18.5. The van der Waals surface area contributed by atoms with Crippen LogP contribution in [0.4, 0.5) is 0 Å². The molecule has 1 aliphatic rings. The highest BCUT2D eigenvalue weighted by Crippen LogP contribution is 2.38. The Kier molecular flexibility index (Phi) is 7.82. The highest BCUT2D eigenvalue weighted by molar-refractivity contribution is 5.98. The highest BCUT2D eigenvalue weighted by Gasteiger charge is 2.41. The average molecular weight is 424 g/mol. The second-order valence-electron chi connectivity index (χ2n) is 7.70. The zero-order valence-electron chi connectivity index (χ0n) is 18.1. The molecule has 1 aliphatic heterocycles. The van der Waals surface area contributed by atoms with E-state index < -0.39 is 17.9 Å². The number of esters is 1. The predicted molar refractivity (Wildman–Crippen MR) is 117 cm³/mol. The van der Waals surface area contributed by atoms with Gasteiger partial charge in [-0.1, -0.05) is 55.8 Å². The van der Waals surface area contributed by atoms with Crippen LogP contribution in [-0.2, 0) is 14.3 Å². The number of piperidine rings is 1. The van der Waals surface area contributed by atoms with Gasteiger partial charge in [-0.3, -0.25) is 14.4 Å². The molecule has 1 amide bonds. The molecule has 31 heavy (non-hydrogen) atoms. The van der Waals surface area contributed by atoms with Crippen LogP contribution < -0.4 is 4.74 Å². The van der Waals surface area contributed by atoms with Gasteiger partial charge in [0.15, 0.2) is 12.4 Å². The van der Waals surface area contributed by atoms with Crippen LogP contribution in [-0.4, -0.2) is 42.8 Å². The molecule has 6 heteroatoms. The van der Waals surface area contributed by atoms with Crippen molar-refractivity contribution in [1.82, 2.24) is 4.90 Å². The second kappa shape index (κ2) is 10.8. The van der Waals surface area contributed by atoms with E-state index in [1.165, 1.54) is 0 Å². The average Bonchev–Trinajstić information content (AvgIpc) is 2.82. The molecule has 1 saturated heterocycles. The summed E-state index contributed by atoms with van der Waals surface area (Å²) in [6.45, 7) is 2.34. The third kappa shape index (κ3) is 5.51. The summed E-state index contributed by atoms with van der Waals surface area (Å²) in [6, 6.07) is 15.8. The summed E-state index contributed by atoms with van der Waals surface area (Å²) in [7, 11) is 1.59. The molecule has 0 aromatic heterocycles. The van der Waals surface area contributed by atoms with Crippen LogP contribution >= 0.6 is 0 Å². The fraction of sp³-hybridized carbons (Fsp3) is 0.400. The Bertz CT molecular complexity index is 894. The lowest BCUT2D eigenvalue weighted by Gasteiger charge is -2.40. The summed E-state index contributed by atoms with van der Waals surface area (Å²) in [5.41, 5.74) is 1.37. The molecule has 164 valence electrons. The topological polar surface area (TPSA) is 72.9 Å². The SMILES string of the molecule is CCCCN1C(=O)CC[C@H](C(=O)OCC(=O)c2ccccc2)[C@@H]1c1ccc(OC)cc1. The first kappa shape index (κ1) is 22.5. The van der Waals surface area contributed by atoms with Crippen LogP contribution in [0, 0.1) is 5.92 Å². The summed E-state index contributed by atoms with van der Waals surface area (Å²) in [4.78, 5) is 39.9. The Morgan fingerprint density at radius 2 is 1.77 bits per heavy atom. The van der Waals surface area contributed by atoms with Crippen LogP contribution in [0.25, 0.3) is 0 Å². The van der Waals surface area contributed by atoms with E-state index in [-0.39, 0.29) is 18.3 Å². The molecule has 3 rings (SSSR count). The van der Waals surface area contributed by atoms with Crippen molar-refractivity contribution in [1.29, 1.82) is 0 Å². The van der Waals surface area contributed by atoms with E-state index in [2.05, 4.69) is 6.92 Å². The molecule has 0 unspecified atom stereocenters. The van der Waals surface area contributed by atoms with Gasteiger partial charge in [0.2, 0.25) is 5.91 Å². The molecule has 6 nitrogen and oxygen atoms in total. The molecule has 2 aromatic carbocycles. The second-order valence-corrected chi connectivity index (χ2v) is 7.70. The third-order valence-electron chi connectivity index (χ3n) is 5.66. The summed E-state index contributed by atoms with van der Waals surface area (Å²) in [6.07, 6.45) is 2.49. The quantitative estimate of drug-likeness (QED) is 0.446. The number of hydrogen-bond donors (Lipinski definition) is 0. The van der Waals surface area contributed by atoms with Gasteiger partial charge in [-0.05, 0) is 30.5 Å². The van der Waals surface area contributed by atoms with Gasteiger partial charge in [-0.2, -0.15) is 0 Å². The van der Waals surface area contributed by atoms with Crippen LogP contribution in [0.5, 0.6) is 5.75 Å². The van der Waals surface area contributed by atoms with E-state index in [9.17, 15) is 14.4 Å². The number of ether oxygens (including phenoxy) is 2. The number of rotatable bonds is 9. The van der Waals surface area contributed by atoms with E-state index in [1.54, 1.807) is 36.3 Å². The standard InChI is InChI=1S/C25H29NO5/c1-3-4-16-26-23(28)15-14-21(24(26)19-10-12-20(30-2)13-11-19)25(29)31-17-22(27)18-8-6-5-7-9-18/h5-13,21,24H,3-4,14-17H2,1-2H3/t21-,24-/m0/s1. The van der Waals surface area contributed by atoms with Crippen molar-refractivity contribution in [2.75, 3.05) is 20.3 Å². The minimum absolute atomic E-state index is 0.0404. The maximum absolute atomic E-state index is 13.0. The van der Waals surface area contributed by atoms with Crippen molar-refractivity contribution < 1.29 is 23.9 Å². The number of methoxy groups -OCH3 is 1. The number of likely N-dealkylation sites (tertiary alicyclic amines) is 1. The first-order chi connectivity index (χ1) is 15.0. The summed E-state index contributed by atoms with van der Waals surface area (Å²) < 4.78 is 10.7. The Morgan fingerprint density at radius 1 is 1.06 bits per heavy atom. The van der Waals surface area contributed by atoms with E-state index in [1.807, 2.05) is 30.3 Å². The molecule has 0 saturated carbocycles. The number of carbonyl (C=O) groups excluding carboxylic acids is 3. The largest absolute Gasteiger partial charge is 0.497 e. The van der Waals surface area contributed by atoms with Crippen molar-refractivity contribution in [2.45, 2.75) is 38.6 Å². The van der Waals surface area contributed by atoms with Crippen LogP contribution in [0.2, 0.25) is 0 Å². The molecule has 0 spiro atoms. The lowest BCUT2D eigenvalue weighted by Crippen LogP contribution is -2.46. The lowest BCUT2D eigenvalue weighted by molar-refractivity contribution is -0.156. The molecule has 2 atom stereocenters. The molecular weight excluding hydrogens is 394 g/mol. The minimum atomic E-state index is -0.522. The fourth-order valence-electron chi connectivity index (χ4n) is 3.96. The summed E-state index contributed by atoms with van der Waals surface area (Å²) >= 11 is 0. The Morgan fingerprint density at radius 3 is 2.42 bits per heavy atom. The zero-order valence-corrected chi connectivity index (χ0v) is 18.1. The maximum Gasteiger partial charge on any atom is 0.311 e. The van der Waals surface area contributed by atoms with Crippen molar-refractivity contribution in [3.05, 3.63) is 65.7 Å². The number of nitrogens with zero attached hydrogens (tertiary/aromatic N) is 1. The van der Waals surface area contributed by atoms with Crippen LogP contribution in [0.1, 0.15) is 54.6 Å². The number of hydrogen-bond acceptors (Lipinski definition) is 5. The van der Waals surface area contributed by atoms with Crippen molar-refractivity contribution in [2.24, 2.45) is 5.92 Å². The van der Waals surface area contributed by atoms with Gasteiger partial charge < -0.3 is 14.4 Å². The monoisotopic (exact) mass is 423 g/mol. The van der Waals surface area contributed by atoms with Gasteiger partial charge >= 0.3 is 5.97 Å². The number of Topliss-reactive ketones (excluding diaryl/α,β-unsaturated/α-hetero) is 1. The zero-order chi connectivity index (χ0) is 22.2. The molecule has 0 bridgehead atoms. The predicted octanol–water partition coefficient (Wildman–Crippen LogP) is 4.20. The molecule has 0 N–H and O–H groups in total. The highest BCUT2D eigenvalue weighted by atomic mass is 16.5. The Balaban J connectivity index is 1.80. The van der Waals surface area contributed by atoms with Gasteiger partial charge in [0.25, 0.3) is 0 Å². The first-order valence-corrected chi connectivity index (χ1v) is 10.7. The minimum Gasteiger partial charge on any atom is -0.497 e. The first-order valence-electron chi connectivity index (χ1n) is 10.7. The molecule has 0 radical (unpaired) electrons. The molecule has 2 aromatic rings. The smallest absolute Gasteiger partial charge is 0.311 e. The number of unbranched alkanes of at least 4 members (excludes halogenated alkanes) is 1. The molecule has 1 fully saturated rings.